The Kier molecular flexibility index (Phi) is 4.27. The average molecular weight is 304 g/mol. The lowest BCUT2D eigenvalue weighted by Crippen LogP contribution is -2.36. The summed E-state index contributed by atoms with van der Waals surface area (Å²) in [6.45, 7) is 2.10. The van der Waals surface area contributed by atoms with Crippen LogP contribution in [-0.2, 0) is 12.8 Å². The van der Waals surface area contributed by atoms with Gasteiger partial charge in [0.05, 0.1) is 5.02 Å². The molecule has 21 heavy (non-hydrogen) atoms. The Labute approximate surface area is 130 Å². The lowest BCUT2D eigenvalue weighted by molar-refractivity contribution is 0.413. The second kappa shape index (κ2) is 6.17. The third kappa shape index (κ3) is 3.28. The average Bonchev–Trinajstić information content (AvgIpc) is 2.50. The van der Waals surface area contributed by atoms with Crippen molar-refractivity contribution in [2.75, 3.05) is 0 Å². The maximum atomic E-state index is 13.2. The summed E-state index contributed by atoms with van der Waals surface area (Å²) in [5.41, 5.74) is 3.93. The highest BCUT2D eigenvalue weighted by molar-refractivity contribution is 6.30. The Morgan fingerprint density at radius 1 is 1.19 bits per heavy atom. The van der Waals surface area contributed by atoms with Gasteiger partial charge in [-0.05, 0) is 55.0 Å². The number of hydrogen-bond donors (Lipinski definition) is 1. The molecule has 0 saturated carbocycles. The molecule has 2 aromatic rings. The van der Waals surface area contributed by atoms with Crippen LogP contribution in [0.25, 0.3) is 0 Å². The first-order valence-electron chi connectivity index (χ1n) is 7.41. The molecule has 1 aliphatic carbocycles. The molecule has 2 unspecified atom stereocenters. The zero-order chi connectivity index (χ0) is 14.8. The fourth-order valence-corrected chi connectivity index (χ4v) is 3.26. The zero-order valence-corrected chi connectivity index (χ0v) is 12.8. The van der Waals surface area contributed by atoms with Crippen LogP contribution in [0, 0.1) is 5.82 Å². The lowest BCUT2D eigenvalue weighted by Gasteiger charge is -2.28. The molecule has 3 rings (SSSR count). The number of nitrogens with one attached hydrogen (secondary N) is 1. The van der Waals surface area contributed by atoms with E-state index in [9.17, 15) is 4.39 Å². The van der Waals surface area contributed by atoms with Crippen molar-refractivity contribution in [2.24, 2.45) is 0 Å². The maximum absolute atomic E-state index is 13.2. The first kappa shape index (κ1) is 14.6. The Morgan fingerprint density at radius 2 is 1.95 bits per heavy atom. The molecule has 3 heteroatoms. The quantitative estimate of drug-likeness (QED) is 0.867. The van der Waals surface area contributed by atoms with Crippen molar-refractivity contribution in [1.82, 2.24) is 5.32 Å². The molecule has 0 amide bonds. The molecule has 0 saturated heterocycles. The number of hydrogen-bond acceptors (Lipinski definition) is 1. The molecule has 0 radical (unpaired) electrons. The van der Waals surface area contributed by atoms with Crippen molar-refractivity contribution < 1.29 is 4.39 Å². The summed E-state index contributed by atoms with van der Waals surface area (Å²) in [6.07, 6.45) is 3.30. The molecule has 0 fully saturated rings. The predicted molar refractivity (Wildman–Crippen MR) is 85.2 cm³/mol. The third-order valence-electron chi connectivity index (χ3n) is 4.28. The van der Waals surface area contributed by atoms with E-state index in [0.717, 1.165) is 24.8 Å². The van der Waals surface area contributed by atoms with Gasteiger partial charge in [0, 0.05) is 12.1 Å². The first-order chi connectivity index (χ1) is 10.1. The van der Waals surface area contributed by atoms with E-state index in [0.29, 0.717) is 6.04 Å². The summed E-state index contributed by atoms with van der Waals surface area (Å²) in [5.74, 6) is -0.362. The minimum Gasteiger partial charge on any atom is -0.307 e. The van der Waals surface area contributed by atoms with Crippen molar-refractivity contribution in [2.45, 2.75) is 38.3 Å². The normalized spacial score (nSPS) is 19.1. The predicted octanol–water partition coefficient (Wildman–Crippen LogP) is 4.69. The van der Waals surface area contributed by atoms with Crippen LogP contribution in [0.2, 0.25) is 5.02 Å². The van der Waals surface area contributed by atoms with Crippen LogP contribution >= 0.6 is 11.6 Å². The minimum atomic E-state index is -0.362. The smallest absolute Gasteiger partial charge is 0.141 e. The molecule has 0 bridgehead atoms. The van der Waals surface area contributed by atoms with Crippen LogP contribution in [-0.4, -0.2) is 6.04 Å². The number of benzene rings is 2. The van der Waals surface area contributed by atoms with Crippen molar-refractivity contribution in [3.8, 4) is 0 Å². The lowest BCUT2D eigenvalue weighted by atomic mass is 9.88. The highest BCUT2D eigenvalue weighted by Crippen LogP contribution is 2.25. The standard InChI is InChI=1S/C18H19ClFN/c1-12(14-7-9-18(20)17(19)11-14)21-16-8-6-13-4-2-3-5-15(13)10-16/h2-5,7,9,11-12,16,21H,6,8,10H2,1H3. The SMILES string of the molecule is CC(NC1CCc2ccccc2C1)c1ccc(F)c(Cl)c1. The Balaban J connectivity index is 1.68. The number of rotatable bonds is 3. The summed E-state index contributed by atoms with van der Waals surface area (Å²) in [7, 11) is 0. The summed E-state index contributed by atoms with van der Waals surface area (Å²) < 4.78 is 13.2. The summed E-state index contributed by atoms with van der Waals surface area (Å²) in [6, 6.07) is 14.2. The number of fused-ring (bicyclic) bond motifs is 1. The van der Waals surface area contributed by atoms with E-state index in [1.165, 1.54) is 17.2 Å². The fourth-order valence-electron chi connectivity index (χ4n) is 3.07. The van der Waals surface area contributed by atoms with Gasteiger partial charge in [-0.1, -0.05) is 41.9 Å². The van der Waals surface area contributed by atoms with Gasteiger partial charge in [-0.2, -0.15) is 0 Å². The highest BCUT2D eigenvalue weighted by Gasteiger charge is 2.20. The van der Waals surface area contributed by atoms with Gasteiger partial charge in [-0.25, -0.2) is 4.39 Å². The molecule has 0 aromatic heterocycles. The van der Waals surface area contributed by atoms with Gasteiger partial charge in [0.2, 0.25) is 0 Å². The van der Waals surface area contributed by atoms with Gasteiger partial charge in [0.25, 0.3) is 0 Å². The summed E-state index contributed by atoms with van der Waals surface area (Å²) in [5, 5.41) is 3.83. The Morgan fingerprint density at radius 3 is 2.71 bits per heavy atom. The molecule has 0 heterocycles. The second-order valence-corrected chi connectivity index (χ2v) is 6.18. The Bertz CT molecular complexity index is 641. The van der Waals surface area contributed by atoms with Gasteiger partial charge in [-0.15, -0.1) is 0 Å². The molecule has 1 aliphatic rings. The van der Waals surface area contributed by atoms with Crippen LogP contribution in [0.3, 0.4) is 0 Å². The van der Waals surface area contributed by atoms with E-state index < -0.39 is 0 Å². The van der Waals surface area contributed by atoms with Crippen LogP contribution in [0.5, 0.6) is 0 Å². The molecule has 110 valence electrons. The van der Waals surface area contributed by atoms with Gasteiger partial charge in [0.15, 0.2) is 0 Å². The number of aryl methyl sites for hydroxylation is 1. The first-order valence-corrected chi connectivity index (χ1v) is 7.79. The largest absolute Gasteiger partial charge is 0.307 e. The molecule has 0 aliphatic heterocycles. The van der Waals surface area contributed by atoms with Gasteiger partial charge in [0.1, 0.15) is 5.82 Å². The fraction of sp³-hybridized carbons (Fsp3) is 0.333. The van der Waals surface area contributed by atoms with Gasteiger partial charge >= 0.3 is 0 Å². The maximum Gasteiger partial charge on any atom is 0.141 e. The number of halogens is 2. The monoisotopic (exact) mass is 303 g/mol. The molecular weight excluding hydrogens is 285 g/mol. The Hall–Kier alpha value is -1.38. The molecular formula is C18H19ClFN. The van der Waals surface area contributed by atoms with Gasteiger partial charge < -0.3 is 5.32 Å². The molecule has 0 spiro atoms. The van der Waals surface area contributed by atoms with E-state index in [1.54, 1.807) is 12.1 Å². The van der Waals surface area contributed by atoms with Crippen LogP contribution < -0.4 is 5.32 Å². The van der Waals surface area contributed by atoms with E-state index in [2.05, 4.69) is 36.5 Å². The van der Waals surface area contributed by atoms with Gasteiger partial charge in [-0.3, -0.25) is 0 Å². The zero-order valence-electron chi connectivity index (χ0n) is 12.1. The van der Waals surface area contributed by atoms with Crippen molar-refractivity contribution in [3.05, 3.63) is 70.0 Å². The van der Waals surface area contributed by atoms with Crippen LogP contribution in [0.4, 0.5) is 4.39 Å². The van der Waals surface area contributed by atoms with Crippen LogP contribution in [0.15, 0.2) is 42.5 Å². The second-order valence-electron chi connectivity index (χ2n) is 5.77. The van der Waals surface area contributed by atoms with E-state index in [-0.39, 0.29) is 16.9 Å². The van der Waals surface area contributed by atoms with Crippen LogP contribution in [0.1, 0.15) is 36.1 Å². The topological polar surface area (TPSA) is 12.0 Å². The minimum absolute atomic E-state index is 0.165. The van der Waals surface area contributed by atoms with Crippen molar-refractivity contribution in [1.29, 1.82) is 0 Å². The summed E-state index contributed by atoms with van der Waals surface area (Å²) in [4.78, 5) is 0. The third-order valence-corrected chi connectivity index (χ3v) is 4.57. The van der Waals surface area contributed by atoms with E-state index >= 15 is 0 Å². The van der Waals surface area contributed by atoms with E-state index in [1.807, 2.05) is 0 Å². The van der Waals surface area contributed by atoms with Crippen molar-refractivity contribution in [3.63, 3.8) is 0 Å². The highest BCUT2D eigenvalue weighted by atomic mass is 35.5. The van der Waals surface area contributed by atoms with Crippen molar-refractivity contribution >= 4 is 11.6 Å². The molecule has 1 nitrogen and oxygen atoms in total. The summed E-state index contributed by atoms with van der Waals surface area (Å²) >= 11 is 5.86. The van der Waals surface area contributed by atoms with E-state index in [4.69, 9.17) is 11.6 Å². The molecule has 2 atom stereocenters. The molecule has 1 N–H and O–H groups in total. The molecule has 2 aromatic carbocycles.